The van der Waals surface area contributed by atoms with Gasteiger partial charge >= 0.3 is 0 Å². The van der Waals surface area contributed by atoms with Gasteiger partial charge in [-0.25, -0.2) is 0 Å². The Morgan fingerprint density at radius 3 is 3.05 bits per heavy atom. The zero-order valence-corrected chi connectivity index (χ0v) is 12.8. The van der Waals surface area contributed by atoms with Crippen molar-refractivity contribution in [2.45, 2.75) is 51.5 Å². The number of nitrogens with one attached hydrogen (secondary N) is 1. The molecule has 1 saturated heterocycles. The van der Waals surface area contributed by atoms with Crippen LogP contribution < -0.4 is 5.32 Å². The summed E-state index contributed by atoms with van der Waals surface area (Å²) in [6.07, 6.45) is 4.05. The highest BCUT2D eigenvalue weighted by molar-refractivity contribution is 5.91. The van der Waals surface area contributed by atoms with Gasteiger partial charge in [0.05, 0.1) is 12.2 Å². The third-order valence-electron chi connectivity index (χ3n) is 3.94. The Morgan fingerprint density at radius 2 is 2.38 bits per heavy atom. The molecule has 0 aromatic carbocycles. The minimum Gasteiger partial charge on any atom is -0.396 e. The Labute approximate surface area is 125 Å². The highest BCUT2D eigenvalue weighted by atomic mass is 16.5. The van der Waals surface area contributed by atoms with Crippen molar-refractivity contribution in [3.63, 3.8) is 0 Å². The number of aromatic nitrogens is 1. The van der Waals surface area contributed by atoms with Gasteiger partial charge in [-0.3, -0.25) is 15.0 Å². The number of anilines is 1. The molecular weight excluding hydrogens is 270 g/mol. The standard InChI is InChI=1S/C15H25N3O3/c1-11(2)13-9-15(21-17-13)16-14(20)10-18-7-4-3-5-12(18)6-8-19/h9,11-12,19H,3-8,10H2,1-2H3,(H,16,20). The smallest absolute Gasteiger partial charge is 0.240 e. The van der Waals surface area contributed by atoms with E-state index < -0.39 is 0 Å². The topological polar surface area (TPSA) is 78.6 Å². The van der Waals surface area contributed by atoms with Crippen molar-refractivity contribution in [2.24, 2.45) is 0 Å². The fourth-order valence-corrected chi connectivity index (χ4v) is 2.73. The average molecular weight is 295 g/mol. The Balaban J connectivity index is 1.87. The second kappa shape index (κ2) is 7.56. The number of likely N-dealkylation sites (tertiary alicyclic amines) is 1. The molecule has 1 aromatic rings. The highest BCUT2D eigenvalue weighted by Gasteiger charge is 2.24. The second-order valence-corrected chi connectivity index (χ2v) is 5.95. The van der Waals surface area contributed by atoms with Gasteiger partial charge in [-0.05, 0) is 31.7 Å². The first kappa shape index (κ1) is 16.0. The molecule has 1 aromatic heterocycles. The number of rotatable bonds is 6. The summed E-state index contributed by atoms with van der Waals surface area (Å²) < 4.78 is 5.12. The SMILES string of the molecule is CC(C)c1cc(NC(=O)CN2CCCCC2CCO)on1. The summed E-state index contributed by atoms with van der Waals surface area (Å²) in [4.78, 5) is 14.3. The van der Waals surface area contributed by atoms with Gasteiger partial charge in [-0.15, -0.1) is 0 Å². The van der Waals surface area contributed by atoms with Crippen LogP contribution in [0.3, 0.4) is 0 Å². The molecule has 0 aliphatic carbocycles. The van der Waals surface area contributed by atoms with Crippen LogP contribution in [-0.4, -0.2) is 46.8 Å². The van der Waals surface area contributed by atoms with Gasteiger partial charge in [0.1, 0.15) is 0 Å². The van der Waals surface area contributed by atoms with E-state index in [1.54, 1.807) is 6.07 Å². The van der Waals surface area contributed by atoms with Crippen molar-refractivity contribution < 1.29 is 14.4 Å². The summed E-state index contributed by atoms with van der Waals surface area (Å²) in [5.74, 6) is 0.584. The monoisotopic (exact) mass is 295 g/mol. The van der Waals surface area contributed by atoms with Gasteiger partial charge in [0.2, 0.25) is 11.8 Å². The molecule has 2 rings (SSSR count). The van der Waals surface area contributed by atoms with Crippen LogP contribution in [0.4, 0.5) is 5.88 Å². The lowest BCUT2D eigenvalue weighted by atomic mass is 10.00. The Bertz CT molecular complexity index is 457. The lowest BCUT2D eigenvalue weighted by Gasteiger charge is -2.34. The summed E-state index contributed by atoms with van der Waals surface area (Å²) in [6, 6.07) is 2.07. The average Bonchev–Trinajstić information content (AvgIpc) is 2.90. The van der Waals surface area contributed by atoms with Gasteiger partial charge in [-0.1, -0.05) is 25.4 Å². The summed E-state index contributed by atoms with van der Waals surface area (Å²) in [5.41, 5.74) is 0.835. The molecule has 1 aliphatic heterocycles. The maximum absolute atomic E-state index is 12.1. The predicted molar refractivity (Wildman–Crippen MR) is 80.1 cm³/mol. The molecule has 1 amide bonds. The molecule has 21 heavy (non-hydrogen) atoms. The summed E-state index contributed by atoms with van der Waals surface area (Å²) in [7, 11) is 0. The first-order valence-electron chi connectivity index (χ1n) is 7.71. The fourth-order valence-electron chi connectivity index (χ4n) is 2.73. The van der Waals surface area contributed by atoms with Gasteiger partial charge in [0.15, 0.2) is 0 Å². The maximum atomic E-state index is 12.1. The van der Waals surface area contributed by atoms with Crippen molar-refractivity contribution >= 4 is 11.8 Å². The lowest BCUT2D eigenvalue weighted by Crippen LogP contribution is -2.44. The van der Waals surface area contributed by atoms with Crippen molar-refractivity contribution in [3.8, 4) is 0 Å². The van der Waals surface area contributed by atoms with E-state index in [1.807, 2.05) is 13.8 Å². The van der Waals surface area contributed by atoms with E-state index in [2.05, 4.69) is 15.4 Å². The van der Waals surface area contributed by atoms with E-state index in [0.29, 0.717) is 18.5 Å². The molecule has 1 fully saturated rings. The first-order chi connectivity index (χ1) is 10.1. The van der Waals surface area contributed by atoms with Crippen LogP contribution in [0.25, 0.3) is 0 Å². The van der Waals surface area contributed by atoms with Gasteiger partial charge in [0, 0.05) is 18.7 Å². The molecule has 0 spiro atoms. The zero-order valence-electron chi connectivity index (χ0n) is 12.8. The largest absolute Gasteiger partial charge is 0.396 e. The summed E-state index contributed by atoms with van der Waals surface area (Å²) in [5, 5.41) is 15.8. The molecule has 118 valence electrons. The van der Waals surface area contributed by atoms with E-state index in [4.69, 9.17) is 9.63 Å². The Kier molecular flexibility index (Phi) is 5.76. The zero-order chi connectivity index (χ0) is 15.2. The van der Waals surface area contributed by atoms with Crippen molar-refractivity contribution in [3.05, 3.63) is 11.8 Å². The maximum Gasteiger partial charge on any atom is 0.240 e. The second-order valence-electron chi connectivity index (χ2n) is 5.95. The van der Waals surface area contributed by atoms with Crippen molar-refractivity contribution in [2.75, 3.05) is 25.0 Å². The van der Waals surface area contributed by atoms with Gasteiger partial charge < -0.3 is 9.63 Å². The quantitative estimate of drug-likeness (QED) is 0.839. The molecule has 0 bridgehead atoms. The van der Waals surface area contributed by atoms with E-state index in [-0.39, 0.29) is 18.4 Å². The molecule has 1 aliphatic rings. The van der Waals surface area contributed by atoms with Crippen LogP contribution >= 0.6 is 0 Å². The first-order valence-corrected chi connectivity index (χ1v) is 7.71. The molecule has 0 radical (unpaired) electrons. The van der Waals surface area contributed by atoms with E-state index in [0.717, 1.165) is 31.5 Å². The number of aliphatic hydroxyl groups is 1. The van der Waals surface area contributed by atoms with Crippen LogP contribution in [0.15, 0.2) is 10.6 Å². The number of nitrogens with zero attached hydrogens (tertiary/aromatic N) is 2. The number of hydrogen-bond acceptors (Lipinski definition) is 5. The molecule has 6 nitrogen and oxygen atoms in total. The predicted octanol–water partition coefficient (Wildman–Crippen LogP) is 1.97. The Hall–Kier alpha value is -1.40. The minimum atomic E-state index is -0.0914. The summed E-state index contributed by atoms with van der Waals surface area (Å²) >= 11 is 0. The van der Waals surface area contributed by atoms with E-state index in [1.165, 1.54) is 6.42 Å². The van der Waals surface area contributed by atoms with Gasteiger partial charge in [-0.2, -0.15) is 0 Å². The molecule has 1 unspecified atom stereocenters. The van der Waals surface area contributed by atoms with Crippen LogP contribution in [0.5, 0.6) is 0 Å². The number of piperidine rings is 1. The summed E-state index contributed by atoms with van der Waals surface area (Å²) in [6.45, 7) is 5.46. The Morgan fingerprint density at radius 1 is 1.57 bits per heavy atom. The van der Waals surface area contributed by atoms with Crippen molar-refractivity contribution in [1.29, 1.82) is 0 Å². The number of carbonyl (C=O) groups is 1. The van der Waals surface area contributed by atoms with Crippen LogP contribution in [0, 0.1) is 0 Å². The number of amides is 1. The minimum absolute atomic E-state index is 0.0914. The fraction of sp³-hybridized carbons (Fsp3) is 0.733. The number of aliphatic hydroxyl groups excluding tert-OH is 1. The lowest BCUT2D eigenvalue weighted by molar-refractivity contribution is -0.118. The molecule has 2 heterocycles. The van der Waals surface area contributed by atoms with Crippen LogP contribution in [0.1, 0.15) is 51.1 Å². The molecule has 2 N–H and O–H groups in total. The molecule has 6 heteroatoms. The third kappa shape index (κ3) is 4.54. The van der Waals surface area contributed by atoms with Crippen LogP contribution in [-0.2, 0) is 4.79 Å². The van der Waals surface area contributed by atoms with Gasteiger partial charge in [0.25, 0.3) is 0 Å². The molecule has 0 saturated carbocycles. The van der Waals surface area contributed by atoms with E-state index >= 15 is 0 Å². The number of carbonyl (C=O) groups excluding carboxylic acids is 1. The van der Waals surface area contributed by atoms with Crippen molar-refractivity contribution in [1.82, 2.24) is 10.1 Å². The van der Waals surface area contributed by atoms with Crippen LogP contribution in [0.2, 0.25) is 0 Å². The third-order valence-corrected chi connectivity index (χ3v) is 3.94. The number of hydrogen-bond donors (Lipinski definition) is 2. The van der Waals surface area contributed by atoms with E-state index in [9.17, 15) is 4.79 Å². The molecular formula is C15H25N3O3. The highest BCUT2D eigenvalue weighted by Crippen LogP contribution is 2.20. The molecule has 1 atom stereocenters. The normalized spacial score (nSPS) is 19.9.